The largest absolute Gasteiger partial charge is 0.304 e. The van der Waals surface area contributed by atoms with Crippen LogP contribution < -0.4 is 10.9 Å². The highest BCUT2D eigenvalue weighted by Crippen LogP contribution is 2.24. The van der Waals surface area contributed by atoms with Gasteiger partial charge in [0.2, 0.25) is 0 Å². The van der Waals surface area contributed by atoms with Gasteiger partial charge in [-0.3, -0.25) is 0 Å². The van der Waals surface area contributed by atoms with Crippen LogP contribution in [0.4, 0.5) is 5.82 Å². The number of rotatable bonds is 0. The fraction of sp³-hybridized carbons (Fsp3) is 0.143. The third-order valence-electron chi connectivity index (χ3n) is 1.61. The average Bonchev–Trinajstić information content (AvgIpc) is 2.47. The molecular weight excluding hydrogens is 140 g/mol. The van der Waals surface area contributed by atoms with Crippen molar-refractivity contribution in [2.45, 2.75) is 6.04 Å². The summed E-state index contributed by atoms with van der Waals surface area (Å²) in [5, 5.41) is 8.63. The zero-order valence-corrected chi connectivity index (χ0v) is 5.70. The topological polar surface area (TPSA) is 60.7 Å². The van der Waals surface area contributed by atoms with Gasteiger partial charge in [-0.2, -0.15) is 5.26 Å². The Morgan fingerprint density at radius 1 is 1.64 bits per heavy atom. The highest BCUT2D eigenvalue weighted by atomic mass is 15.4. The summed E-state index contributed by atoms with van der Waals surface area (Å²) in [7, 11) is 0. The molecule has 4 nitrogen and oxygen atoms in total. The first-order chi connectivity index (χ1) is 5.42. The lowest BCUT2D eigenvalue weighted by Gasteiger charge is -1.95. The second-order valence-electron chi connectivity index (χ2n) is 2.27. The van der Waals surface area contributed by atoms with Crippen molar-refractivity contribution in [3.63, 3.8) is 0 Å². The molecule has 0 aliphatic carbocycles. The smallest absolute Gasteiger partial charge is 0.146 e. The molecule has 54 valence electrons. The van der Waals surface area contributed by atoms with E-state index >= 15 is 0 Å². The molecule has 2 heterocycles. The summed E-state index contributed by atoms with van der Waals surface area (Å²) in [6, 6.07) is 5.54. The van der Waals surface area contributed by atoms with E-state index in [9.17, 15) is 0 Å². The maximum atomic E-state index is 8.63. The van der Waals surface area contributed by atoms with E-state index < -0.39 is 0 Å². The van der Waals surface area contributed by atoms with Gasteiger partial charge in [-0.05, 0) is 6.07 Å². The first-order valence-electron chi connectivity index (χ1n) is 3.28. The number of nitrogens with one attached hydrogen (secondary N) is 2. The molecule has 11 heavy (non-hydrogen) atoms. The summed E-state index contributed by atoms with van der Waals surface area (Å²) < 4.78 is 0. The Bertz CT molecular complexity index is 314. The lowest BCUT2D eigenvalue weighted by molar-refractivity contribution is 0.766. The molecule has 0 radical (unpaired) electrons. The number of anilines is 1. The Labute approximate surface area is 63.8 Å². The first kappa shape index (κ1) is 6.13. The second-order valence-corrected chi connectivity index (χ2v) is 2.27. The Morgan fingerprint density at radius 3 is 3.36 bits per heavy atom. The first-order valence-corrected chi connectivity index (χ1v) is 3.28. The van der Waals surface area contributed by atoms with Crippen molar-refractivity contribution in [3.05, 3.63) is 23.9 Å². The Hall–Kier alpha value is -1.60. The summed E-state index contributed by atoms with van der Waals surface area (Å²) >= 11 is 0. The van der Waals surface area contributed by atoms with Gasteiger partial charge in [0.05, 0.1) is 6.07 Å². The van der Waals surface area contributed by atoms with Crippen molar-refractivity contribution in [1.82, 2.24) is 10.4 Å². The average molecular weight is 146 g/mol. The zero-order valence-electron chi connectivity index (χ0n) is 5.70. The minimum absolute atomic E-state index is 0.265. The molecule has 1 aromatic heterocycles. The molecule has 0 amide bonds. The molecule has 0 saturated carbocycles. The molecule has 1 aliphatic rings. The van der Waals surface area contributed by atoms with Gasteiger partial charge >= 0.3 is 0 Å². The molecule has 1 aliphatic heterocycles. The Balaban J connectivity index is 2.49. The summed E-state index contributed by atoms with van der Waals surface area (Å²) in [4.78, 5) is 4.03. The minimum atomic E-state index is -0.265. The number of hydrogen-bond donors (Lipinski definition) is 2. The van der Waals surface area contributed by atoms with E-state index in [-0.39, 0.29) is 6.04 Å². The molecule has 0 fully saturated rings. The van der Waals surface area contributed by atoms with E-state index in [2.05, 4.69) is 21.9 Å². The number of aromatic nitrogens is 1. The van der Waals surface area contributed by atoms with Crippen LogP contribution >= 0.6 is 0 Å². The third-order valence-corrected chi connectivity index (χ3v) is 1.61. The molecule has 1 unspecified atom stereocenters. The van der Waals surface area contributed by atoms with E-state index in [1.807, 2.05) is 12.1 Å². The molecule has 0 aromatic carbocycles. The van der Waals surface area contributed by atoms with Crippen LogP contribution in [0.2, 0.25) is 0 Å². The van der Waals surface area contributed by atoms with Gasteiger partial charge in [-0.1, -0.05) is 6.07 Å². The summed E-state index contributed by atoms with van der Waals surface area (Å²) in [5.41, 5.74) is 6.53. The third kappa shape index (κ3) is 0.827. The standard InChI is InChI=1S/C7H6N4/c8-4-6-5-2-1-3-9-7(5)11-10-6/h1-3,6,10H,(H,9,11). The lowest BCUT2D eigenvalue weighted by Crippen LogP contribution is -2.17. The van der Waals surface area contributed by atoms with Gasteiger partial charge in [0.1, 0.15) is 11.9 Å². The Kier molecular flexibility index (Phi) is 1.24. The highest BCUT2D eigenvalue weighted by Gasteiger charge is 2.20. The summed E-state index contributed by atoms with van der Waals surface area (Å²) in [6.45, 7) is 0. The zero-order chi connectivity index (χ0) is 7.68. The van der Waals surface area contributed by atoms with Crippen molar-refractivity contribution >= 4 is 5.82 Å². The molecule has 0 bridgehead atoms. The molecule has 1 atom stereocenters. The van der Waals surface area contributed by atoms with Crippen molar-refractivity contribution in [2.75, 3.05) is 5.43 Å². The van der Waals surface area contributed by atoms with Crippen LogP contribution in [0.25, 0.3) is 0 Å². The van der Waals surface area contributed by atoms with Crippen molar-refractivity contribution in [1.29, 1.82) is 5.26 Å². The van der Waals surface area contributed by atoms with Crippen LogP contribution in [0.1, 0.15) is 11.6 Å². The summed E-state index contributed by atoms with van der Waals surface area (Å²) in [5.74, 6) is 0.749. The Morgan fingerprint density at radius 2 is 2.55 bits per heavy atom. The maximum Gasteiger partial charge on any atom is 0.146 e. The predicted molar refractivity (Wildman–Crippen MR) is 39.3 cm³/mol. The summed E-state index contributed by atoms with van der Waals surface area (Å²) in [6.07, 6.45) is 1.69. The van der Waals surface area contributed by atoms with E-state index in [1.165, 1.54) is 0 Å². The number of fused-ring (bicyclic) bond motifs is 1. The quantitative estimate of drug-likeness (QED) is 0.562. The van der Waals surface area contributed by atoms with Gasteiger partial charge in [-0.25, -0.2) is 10.4 Å². The number of pyridine rings is 1. The molecular formula is C7H6N4. The molecule has 2 rings (SSSR count). The lowest BCUT2D eigenvalue weighted by atomic mass is 10.1. The predicted octanol–water partition coefficient (Wildman–Crippen LogP) is 0.576. The van der Waals surface area contributed by atoms with Crippen LogP contribution in [0.15, 0.2) is 18.3 Å². The number of nitrogens with zero attached hydrogens (tertiary/aromatic N) is 2. The van der Waals surface area contributed by atoms with Gasteiger partial charge in [0.25, 0.3) is 0 Å². The molecule has 1 aromatic rings. The fourth-order valence-electron chi connectivity index (χ4n) is 1.08. The number of nitriles is 1. The van der Waals surface area contributed by atoms with Gasteiger partial charge in [0.15, 0.2) is 0 Å². The SMILES string of the molecule is N#CC1NNc2ncccc21. The van der Waals surface area contributed by atoms with Crippen LogP contribution in [-0.2, 0) is 0 Å². The molecule has 0 saturated heterocycles. The van der Waals surface area contributed by atoms with Gasteiger partial charge in [-0.15, -0.1) is 0 Å². The maximum absolute atomic E-state index is 8.63. The van der Waals surface area contributed by atoms with E-state index in [0.29, 0.717) is 0 Å². The monoisotopic (exact) mass is 146 g/mol. The van der Waals surface area contributed by atoms with Crippen molar-refractivity contribution in [3.8, 4) is 6.07 Å². The number of hydrazine groups is 1. The minimum Gasteiger partial charge on any atom is -0.304 e. The van der Waals surface area contributed by atoms with E-state index in [4.69, 9.17) is 5.26 Å². The van der Waals surface area contributed by atoms with Crippen LogP contribution in [0, 0.1) is 11.3 Å². The molecule has 4 heteroatoms. The second kappa shape index (κ2) is 2.22. The number of hydrogen-bond acceptors (Lipinski definition) is 4. The van der Waals surface area contributed by atoms with Crippen LogP contribution in [0.5, 0.6) is 0 Å². The van der Waals surface area contributed by atoms with Crippen molar-refractivity contribution < 1.29 is 0 Å². The van der Waals surface area contributed by atoms with Crippen LogP contribution in [0.3, 0.4) is 0 Å². The molecule has 2 N–H and O–H groups in total. The molecule has 0 spiro atoms. The fourth-order valence-corrected chi connectivity index (χ4v) is 1.08. The van der Waals surface area contributed by atoms with E-state index in [0.717, 1.165) is 11.4 Å². The van der Waals surface area contributed by atoms with E-state index in [1.54, 1.807) is 6.20 Å². The van der Waals surface area contributed by atoms with Crippen molar-refractivity contribution in [2.24, 2.45) is 0 Å². The van der Waals surface area contributed by atoms with Gasteiger partial charge in [0, 0.05) is 11.8 Å². The van der Waals surface area contributed by atoms with Gasteiger partial charge < -0.3 is 5.43 Å². The normalized spacial score (nSPS) is 20.1. The van der Waals surface area contributed by atoms with Crippen LogP contribution in [-0.4, -0.2) is 4.98 Å². The highest BCUT2D eigenvalue weighted by molar-refractivity contribution is 5.51.